The van der Waals surface area contributed by atoms with E-state index < -0.39 is 0 Å². The van der Waals surface area contributed by atoms with Gasteiger partial charge in [0.25, 0.3) is 11.8 Å². The third-order valence-corrected chi connectivity index (χ3v) is 6.56. The van der Waals surface area contributed by atoms with E-state index >= 15 is 0 Å². The SMILES string of the molecule is Cl.O=C(NCc1ccccc1C(=O)Nc1nc2c(s1)CNCC2)c1ccc(Cl)s1. The monoisotopic (exact) mass is 468 g/mol. The van der Waals surface area contributed by atoms with Crippen molar-refractivity contribution in [2.45, 2.75) is 19.5 Å². The Balaban J connectivity index is 0.00000240. The number of thiazole rings is 1. The van der Waals surface area contributed by atoms with Gasteiger partial charge in [0.1, 0.15) is 0 Å². The van der Waals surface area contributed by atoms with Crippen LogP contribution in [0.2, 0.25) is 4.34 Å². The van der Waals surface area contributed by atoms with Crippen molar-refractivity contribution in [3.8, 4) is 0 Å². The van der Waals surface area contributed by atoms with Crippen molar-refractivity contribution >= 4 is 63.6 Å². The highest BCUT2D eigenvalue weighted by molar-refractivity contribution is 7.18. The van der Waals surface area contributed by atoms with E-state index in [-0.39, 0.29) is 30.8 Å². The molecule has 4 rings (SSSR count). The molecule has 1 aliphatic rings. The Morgan fingerprint density at radius 3 is 2.72 bits per heavy atom. The van der Waals surface area contributed by atoms with E-state index in [9.17, 15) is 9.59 Å². The van der Waals surface area contributed by atoms with Gasteiger partial charge in [-0.25, -0.2) is 4.98 Å². The summed E-state index contributed by atoms with van der Waals surface area (Å²) in [4.78, 5) is 31.2. The Labute approximate surface area is 187 Å². The fourth-order valence-electron chi connectivity index (χ4n) is 2.94. The molecule has 152 valence electrons. The minimum atomic E-state index is -0.233. The lowest BCUT2D eigenvalue weighted by atomic mass is 10.1. The molecule has 29 heavy (non-hydrogen) atoms. The molecule has 10 heteroatoms. The first-order chi connectivity index (χ1) is 13.6. The number of benzene rings is 1. The number of fused-ring (bicyclic) bond motifs is 1. The summed E-state index contributed by atoms with van der Waals surface area (Å²) in [5.74, 6) is -0.449. The first kappa shape index (κ1) is 21.7. The smallest absolute Gasteiger partial charge is 0.261 e. The van der Waals surface area contributed by atoms with Crippen LogP contribution >= 0.6 is 46.7 Å². The number of aromatic nitrogens is 1. The number of anilines is 1. The molecular formula is C19H18Cl2N4O2S2. The lowest BCUT2D eigenvalue weighted by molar-refractivity contribution is 0.0951. The number of rotatable bonds is 5. The largest absolute Gasteiger partial charge is 0.347 e. The van der Waals surface area contributed by atoms with Crippen LogP contribution in [-0.4, -0.2) is 23.3 Å². The zero-order valence-electron chi connectivity index (χ0n) is 15.2. The molecule has 1 aliphatic heterocycles. The highest BCUT2D eigenvalue weighted by Gasteiger charge is 2.18. The zero-order valence-corrected chi connectivity index (χ0v) is 18.4. The Hall–Kier alpha value is -1.97. The lowest BCUT2D eigenvalue weighted by Gasteiger charge is -2.10. The molecule has 0 saturated heterocycles. The van der Waals surface area contributed by atoms with Crippen molar-refractivity contribution in [2.24, 2.45) is 0 Å². The minimum absolute atomic E-state index is 0. The lowest BCUT2D eigenvalue weighted by Crippen LogP contribution is -2.24. The van der Waals surface area contributed by atoms with Crippen molar-refractivity contribution in [3.63, 3.8) is 0 Å². The summed E-state index contributed by atoms with van der Waals surface area (Å²) >= 11 is 8.59. The second-order valence-corrected chi connectivity index (χ2v) is 9.01. The molecule has 2 amide bonds. The van der Waals surface area contributed by atoms with Crippen molar-refractivity contribution < 1.29 is 9.59 Å². The fourth-order valence-corrected chi connectivity index (χ4v) is 4.87. The van der Waals surface area contributed by atoms with Crippen LogP contribution in [-0.2, 0) is 19.5 Å². The second kappa shape index (κ2) is 9.69. The number of hydrogen-bond donors (Lipinski definition) is 3. The fraction of sp³-hybridized carbons (Fsp3) is 0.211. The molecule has 0 spiro atoms. The molecule has 0 unspecified atom stereocenters. The van der Waals surface area contributed by atoms with Gasteiger partial charge in [-0.15, -0.1) is 35.1 Å². The second-order valence-electron chi connectivity index (χ2n) is 6.21. The van der Waals surface area contributed by atoms with Gasteiger partial charge >= 0.3 is 0 Å². The van der Waals surface area contributed by atoms with Gasteiger partial charge in [0.15, 0.2) is 5.13 Å². The number of amides is 2. The molecular weight excluding hydrogens is 451 g/mol. The summed E-state index contributed by atoms with van der Waals surface area (Å²) in [5, 5.41) is 9.63. The van der Waals surface area contributed by atoms with E-state index in [0.29, 0.717) is 19.9 Å². The molecule has 0 fully saturated rings. The van der Waals surface area contributed by atoms with Gasteiger partial charge in [0.2, 0.25) is 0 Å². The Kier molecular flexibility index (Phi) is 7.26. The van der Waals surface area contributed by atoms with Gasteiger partial charge in [-0.2, -0.15) is 0 Å². The maximum absolute atomic E-state index is 12.8. The molecule has 3 N–H and O–H groups in total. The predicted octanol–water partition coefficient (Wildman–Crippen LogP) is 4.11. The summed E-state index contributed by atoms with van der Waals surface area (Å²) in [6.45, 7) is 1.94. The number of halogens is 2. The number of hydrogen-bond acceptors (Lipinski definition) is 6. The van der Waals surface area contributed by atoms with E-state index in [4.69, 9.17) is 11.6 Å². The van der Waals surface area contributed by atoms with Gasteiger partial charge in [-0.1, -0.05) is 29.8 Å². The number of carbonyl (C=O) groups is 2. The van der Waals surface area contributed by atoms with Crippen molar-refractivity contribution in [2.75, 3.05) is 11.9 Å². The van der Waals surface area contributed by atoms with Crippen LogP contribution in [0.1, 0.15) is 36.2 Å². The van der Waals surface area contributed by atoms with Crippen molar-refractivity contribution in [1.29, 1.82) is 0 Å². The standard InChI is InChI=1S/C19H17ClN4O2S2.ClH/c20-16-6-5-14(27-16)18(26)22-9-11-3-1-2-4-12(11)17(25)24-19-23-13-7-8-21-10-15(13)28-19;/h1-6,21H,7-10H2,(H,22,26)(H,23,24,25);1H. The number of thiophene rings is 1. The maximum Gasteiger partial charge on any atom is 0.261 e. The summed E-state index contributed by atoms with van der Waals surface area (Å²) in [6, 6.07) is 10.6. The molecule has 0 aliphatic carbocycles. The molecule has 3 heterocycles. The number of nitrogens with one attached hydrogen (secondary N) is 3. The normalized spacial score (nSPS) is 12.6. The molecule has 1 aromatic carbocycles. The van der Waals surface area contributed by atoms with Crippen LogP contribution in [0.15, 0.2) is 36.4 Å². The number of nitrogens with zero attached hydrogens (tertiary/aromatic N) is 1. The molecule has 0 radical (unpaired) electrons. The van der Waals surface area contributed by atoms with Gasteiger partial charge in [-0.05, 0) is 23.8 Å². The Morgan fingerprint density at radius 1 is 1.14 bits per heavy atom. The molecule has 6 nitrogen and oxygen atoms in total. The third kappa shape index (κ3) is 5.15. The highest BCUT2D eigenvalue weighted by atomic mass is 35.5. The van der Waals surface area contributed by atoms with Crippen LogP contribution in [0.25, 0.3) is 0 Å². The van der Waals surface area contributed by atoms with Gasteiger partial charge in [-0.3, -0.25) is 14.9 Å². The molecule has 0 saturated carbocycles. The summed E-state index contributed by atoms with van der Waals surface area (Å²) in [6.07, 6.45) is 0.872. The van der Waals surface area contributed by atoms with Crippen molar-refractivity contribution in [3.05, 3.63) is 67.3 Å². The van der Waals surface area contributed by atoms with E-state index in [2.05, 4.69) is 20.9 Å². The van der Waals surface area contributed by atoms with Crippen LogP contribution in [0.5, 0.6) is 0 Å². The van der Waals surface area contributed by atoms with Gasteiger partial charge in [0.05, 0.1) is 14.9 Å². The van der Waals surface area contributed by atoms with Crippen LogP contribution in [0.3, 0.4) is 0 Å². The number of carbonyl (C=O) groups excluding carboxylic acids is 2. The highest BCUT2D eigenvalue weighted by Crippen LogP contribution is 2.26. The average molecular weight is 469 g/mol. The quantitative estimate of drug-likeness (QED) is 0.525. The summed E-state index contributed by atoms with van der Waals surface area (Å²) in [5.41, 5.74) is 2.30. The third-order valence-electron chi connectivity index (χ3n) is 4.32. The average Bonchev–Trinajstić information content (AvgIpc) is 3.31. The predicted molar refractivity (Wildman–Crippen MR) is 120 cm³/mol. The van der Waals surface area contributed by atoms with E-state index in [1.807, 2.05) is 12.1 Å². The van der Waals surface area contributed by atoms with Crippen LogP contribution in [0, 0.1) is 0 Å². The Morgan fingerprint density at radius 2 is 1.97 bits per heavy atom. The molecule has 3 aromatic rings. The zero-order chi connectivity index (χ0) is 19.5. The summed E-state index contributed by atoms with van der Waals surface area (Å²) in [7, 11) is 0. The topological polar surface area (TPSA) is 83.1 Å². The molecule has 2 aromatic heterocycles. The van der Waals surface area contributed by atoms with E-state index in [1.165, 1.54) is 22.7 Å². The van der Waals surface area contributed by atoms with E-state index in [1.54, 1.807) is 24.3 Å². The van der Waals surface area contributed by atoms with Crippen LogP contribution < -0.4 is 16.0 Å². The summed E-state index contributed by atoms with van der Waals surface area (Å²) < 4.78 is 0.561. The van der Waals surface area contributed by atoms with E-state index in [0.717, 1.165) is 35.6 Å². The van der Waals surface area contributed by atoms with Crippen LogP contribution in [0.4, 0.5) is 5.13 Å². The first-order valence-corrected chi connectivity index (χ1v) is 10.7. The maximum atomic E-state index is 12.8. The Bertz CT molecular complexity index is 1010. The molecule has 0 bridgehead atoms. The van der Waals surface area contributed by atoms with Gasteiger partial charge in [0, 0.05) is 36.5 Å². The molecule has 0 atom stereocenters. The minimum Gasteiger partial charge on any atom is -0.347 e. The van der Waals surface area contributed by atoms with Crippen molar-refractivity contribution in [1.82, 2.24) is 15.6 Å². The first-order valence-electron chi connectivity index (χ1n) is 8.72. The van der Waals surface area contributed by atoms with Gasteiger partial charge < -0.3 is 10.6 Å².